The minimum absolute atomic E-state index is 0.0474. The zero-order valence-electron chi connectivity index (χ0n) is 15.5. The van der Waals surface area contributed by atoms with Crippen LogP contribution in [0.15, 0.2) is 11.6 Å². The van der Waals surface area contributed by atoms with Gasteiger partial charge in [0.2, 0.25) is 0 Å². The molecule has 0 heterocycles. The highest BCUT2D eigenvalue weighted by Crippen LogP contribution is 2.68. The number of Topliss-reactive ketones (excluding diaryl/α,β-unsaturated/α-hetero) is 1. The molecule has 3 nitrogen and oxygen atoms in total. The summed E-state index contributed by atoms with van der Waals surface area (Å²) in [6.45, 7) is 5.43. The van der Waals surface area contributed by atoms with Gasteiger partial charge in [0.1, 0.15) is 11.8 Å². The molecule has 7 atom stereocenters. The van der Waals surface area contributed by atoms with Gasteiger partial charge in [-0.25, -0.2) is 4.39 Å². The van der Waals surface area contributed by atoms with E-state index in [0.717, 1.165) is 25.7 Å². The molecule has 0 aromatic carbocycles. The van der Waals surface area contributed by atoms with Gasteiger partial charge in [-0.05, 0) is 74.7 Å². The van der Waals surface area contributed by atoms with Crippen LogP contribution >= 0.6 is 0 Å². The van der Waals surface area contributed by atoms with Crippen molar-refractivity contribution in [3.63, 3.8) is 0 Å². The Bertz CT molecular complexity index is 670. The minimum Gasteiger partial charge on any atom is -0.381 e. The van der Waals surface area contributed by atoms with E-state index in [1.807, 2.05) is 13.0 Å². The fraction of sp³-hybridized carbons (Fsp3) is 0.810. The van der Waals surface area contributed by atoms with Gasteiger partial charge in [-0.15, -0.1) is 0 Å². The van der Waals surface area contributed by atoms with Crippen molar-refractivity contribution in [3.05, 3.63) is 11.6 Å². The van der Waals surface area contributed by atoms with Crippen molar-refractivity contribution in [1.29, 1.82) is 0 Å². The Morgan fingerprint density at radius 1 is 1.20 bits per heavy atom. The molecule has 3 saturated carbocycles. The van der Waals surface area contributed by atoms with Crippen LogP contribution in [0.1, 0.15) is 65.7 Å². The summed E-state index contributed by atoms with van der Waals surface area (Å²) in [5.74, 6) is 0.509. The summed E-state index contributed by atoms with van der Waals surface area (Å²) in [7, 11) is 0. The van der Waals surface area contributed by atoms with Crippen molar-refractivity contribution < 1.29 is 19.1 Å². The lowest BCUT2D eigenvalue weighted by molar-refractivity contribution is -0.178. The van der Waals surface area contributed by atoms with Crippen LogP contribution in [0.3, 0.4) is 0 Å². The van der Waals surface area contributed by atoms with Gasteiger partial charge in [0.25, 0.3) is 0 Å². The van der Waals surface area contributed by atoms with Crippen molar-refractivity contribution in [2.45, 2.75) is 77.5 Å². The molecule has 0 spiro atoms. The van der Waals surface area contributed by atoms with Crippen molar-refractivity contribution in [3.8, 4) is 0 Å². The van der Waals surface area contributed by atoms with Crippen LogP contribution in [-0.2, 0) is 9.59 Å². The van der Waals surface area contributed by atoms with E-state index in [4.69, 9.17) is 0 Å². The van der Waals surface area contributed by atoms with Crippen molar-refractivity contribution >= 4 is 11.6 Å². The number of rotatable bonds is 1. The second-order valence-corrected chi connectivity index (χ2v) is 9.41. The molecule has 0 amide bonds. The summed E-state index contributed by atoms with van der Waals surface area (Å²) < 4.78 is 15.6. The Morgan fingerprint density at radius 3 is 2.60 bits per heavy atom. The topological polar surface area (TPSA) is 54.4 Å². The van der Waals surface area contributed by atoms with E-state index < -0.39 is 17.2 Å². The molecule has 4 aliphatic rings. The number of hydrogen-bond acceptors (Lipinski definition) is 3. The summed E-state index contributed by atoms with van der Waals surface area (Å²) in [6, 6.07) is 0. The molecule has 4 rings (SSSR count). The first kappa shape index (κ1) is 17.4. The zero-order chi connectivity index (χ0) is 18.2. The van der Waals surface area contributed by atoms with Gasteiger partial charge in [-0.3, -0.25) is 9.59 Å². The number of aliphatic hydroxyl groups is 1. The molecule has 138 valence electrons. The molecule has 0 aromatic heterocycles. The van der Waals surface area contributed by atoms with Crippen molar-refractivity contribution in [2.24, 2.45) is 28.6 Å². The van der Waals surface area contributed by atoms with Gasteiger partial charge in [0, 0.05) is 11.8 Å². The summed E-state index contributed by atoms with van der Waals surface area (Å²) in [5.41, 5.74) is -1.39. The van der Waals surface area contributed by atoms with E-state index in [-0.39, 0.29) is 28.8 Å². The third-order valence-electron chi connectivity index (χ3n) is 8.73. The zero-order valence-corrected chi connectivity index (χ0v) is 15.5. The normalized spacial score (nSPS) is 52.0. The molecule has 3 fully saturated rings. The first-order valence-electron chi connectivity index (χ1n) is 9.76. The molecular weight excluding hydrogens is 319 g/mol. The number of hydrogen-bond donors (Lipinski definition) is 1. The molecule has 0 bridgehead atoms. The lowest BCUT2D eigenvalue weighted by Gasteiger charge is -2.59. The number of alkyl halides is 1. The Hall–Kier alpha value is -1.03. The molecule has 0 saturated heterocycles. The van der Waals surface area contributed by atoms with E-state index in [0.29, 0.717) is 25.2 Å². The van der Waals surface area contributed by atoms with Crippen molar-refractivity contribution in [2.75, 3.05) is 0 Å². The van der Waals surface area contributed by atoms with Gasteiger partial charge >= 0.3 is 0 Å². The van der Waals surface area contributed by atoms with Crippen LogP contribution in [0.5, 0.6) is 0 Å². The molecule has 4 heteroatoms. The Kier molecular flexibility index (Phi) is 3.65. The monoisotopic (exact) mass is 348 g/mol. The average Bonchev–Trinajstić information content (AvgIpc) is 2.84. The van der Waals surface area contributed by atoms with Crippen LogP contribution in [-0.4, -0.2) is 28.4 Å². The highest BCUT2D eigenvalue weighted by Gasteiger charge is 2.69. The maximum Gasteiger partial charge on any atom is 0.161 e. The maximum absolute atomic E-state index is 15.6. The SMILES string of the molecule is CC(=O)[C@@]1(O)CC[C@H]2[C@@H]3CCC4=CC(=O)CC[C@]4(C)[C@H]3C[C@H](F)[C@@]21C. The van der Waals surface area contributed by atoms with E-state index in [1.54, 1.807) is 0 Å². The summed E-state index contributed by atoms with van der Waals surface area (Å²) in [6.07, 6.45) is 5.35. The lowest BCUT2D eigenvalue weighted by atomic mass is 9.45. The number of fused-ring (bicyclic) bond motifs is 5. The van der Waals surface area contributed by atoms with Gasteiger partial charge in [0.15, 0.2) is 11.6 Å². The molecule has 4 aliphatic carbocycles. The van der Waals surface area contributed by atoms with Crippen LogP contribution in [0.2, 0.25) is 0 Å². The Morgan fingerprint density at radius 2 is 1.92 bits per heavy atom. The van der Waals surface area contributed by atoms with Gasteiger partial charge in [0.05, 0.1) is 0 Å². The number of ketones is 2. The predicted octanol–water partition coefficient (Wildman–Crippen LogP) is 3.79. The second-order valence-electron chi connectivity index (χ2n) is 9.41. The maximum atomic E-state index is 15.6. The van der Waals surface area contributed by atoms with Gasteiger partial charge in [-0.1, -0.05) is 19.4 Å². The van der Waals surface area contributed by atoms with E-state index in [2.05, 4.69) is 6.92 Å². The highest BCUT2D eigenvalue weighted by molar-refractivity contribution is 5.91. The van der Waals surface area contributed by atoms with Gasteiger partial charge in [-0.2, -0.15) is 0 Å². The largest absolute Gasteiger partial charge is 0.381 e. The first-order chi connectivity index (χ1) is 11.6. The lowest BCUT2D eigenvalue weighted by Crippen LogP contribution is -2.62. The Balaban J connectivity index is 1.75. The quantitative estimate of drug-likeness (QED) is 0.784. The fourth-order valence-corrected chi connectivity index (χ4v) is 7.08. The van der Waals surface area contributed by atoms with Crippen LogP contribution in [0, 0.1) is 28.6 Å². The number of carbonyl (C=O) groups excluding carboxylic acids is 2. The third-order valence-corrected chi connectivity index (χ3v) is 8.73. The van der Waals surface area contributed by atoms with E-state index >= 15 is 4.39 Å². The predicted molar refractivity (Wildman–Crippen MR) is 92.6 cm³/mol. The van der Waals surface area contributed by atoms with Gasteiger partial charge < -0.3 is 5.11 Å². The number of halogens is 1. The smallest absolute Gasteiger partial charge is 0.161 e. The summed E-state index contributed by atoms with van der Waals surface area (Å²) >= 11 is 0. The van der Waals surface area contributed by atoms with E-state index in [9.17, 15) is 14.7 Å². The first-order valence-corrected chi connectivity index (χ1v) is 9.76. The summed E-state index contributed by atoms with van der Waals surface area (Å²) in [5, 5.41) is 11.1. The fourth-order valence-electron chi connectivity index (χ4n) is 7.08. The minimum atomic E-state index is -1.53. The number of carbonyl (C=O) groups is 2. The van der Waals surface area contributed by atoms with Crippen molar-refractivity contribution in [1.82, 2.24) is 0 Å². The molecule has 0 aliphatic heterocycles. The second kappa shape index (κ2) is 5.25. The van der Waals surface area contributed by atoms with Crippen LogP contribution in [0.25, 0.3) is 0 Å². The molecule has 1 N–H and O–H groups in total. The molecule has 25 heavy (non-hydrogen) atoms. The molecular formula is C21H29FO3. The Labute approximate surface area is 149 Å². The number of allylic oxidation sites excluding steroid dienone is 1. The molecule has 0 aromatic rings. The molecule has 0 radical (unpaired) electrons. The highest BCUT2D eigenvalue weighted by atomic mass is 19.1. The summed E-state index contributed by atoms with van der Waals surface area (Å²) in [4.78, 5) is 24.1. The molecule has 0 unspecified atom stereocenters. The van der Waals surface area contributed by atoms with Crippen LogP contribution < -0.4 is 0 Å². The van der Waals surface area contributed by atoms with Crippen LogP contribution in [0.4, 0.5) is 4.39 Å². The average molecular weight is 348 g/mol. The van der Waals surface area contributed by atoms with E-state index in [1.165, 1.54) is 12.5 Å². The third kappa shape index (κ3) is 2.01. The standard InChI is InChI=1S/C21H29FO3/c1-12(23)21(25)9-7-16-15-5-4-13-10-14(24)6-8-19(13,2)17(15)11-18(22)20(16,21)3/h10,15-18,25H,4-9,11H2,1-3H3/t15-,16-,17-,18-,19-,20+,21-/m0/s1.